The molecule has 0 bridgehead atoms. The third-order valence-electron chi connectivity index (χ3n) is 5.79. The van der Waals surface area contributed by atoms with E-state index in [-0.39, 0.29) is 12.4 Å². The predicted octanol–water partition coefficient (Wildman–Crippen LogP) is 3.79. The lowest BCUT2D eigenvalue weighted by Gasteiger charge is -2.37. The molecule has 2 heterocycles. The number of rotatable bonds is 4. The average Bonchev–Trinajstić information content (AvgIpc) is 3.12. The Bertz CT molecular complexity index is 878. The van der Waals surface area contributed by atoms with Gasteiger partial charge in [-0.3, -0.25) is 0 Å². The number of anilines is 1. The molecule has 4 nitrogen and oxygen atoms in total. The quantitative estimate of drug-likeness (QED) is 0.774. The number of sulfone groups is 1. The van der Waals surface area contributed by atoms with Crippen LogP contribution >= 0.6 is 12.4 Å². The van der Waals surface area contributed by atoms with Crippen LogP contribution in [-0.2, 0) is 16.3 Å². The van der Waals surface area contributed by atoms with Crippen molar-refractivity contribution in [2.75, 3.05) is 31.1 Å². The van der Waals surface area contributed by atoms with Crippen molar-refractivity contribution in [1.82, 2.24) is 4.90 Å². The minimum atomic E-state index is -3.44. The number of fused-ring (bicyclic) bond motifs is 1. The molecule has 0 saturated carbocycles. The molecule has 6 heteroatoms. The molecule has 2 aliphatic rings. The van der Waals surface area contributed by atoms with Crippen LogP contribution in [-0.4, -0.2) is 45.5 Å². The highest BCUT2D eigenvalue weighted by atomic mass is 35.5. The Balaban J connectivity index is 0.00000210. The van der Waals surface area contributed by atoms with E-state index in [1.54, 1.807) is 30.3 Å². The molecule has 2 aromatic rings. The van der Waals surface area contributed by atoms with Crippen molar-refractivity contribution in [3.63, 3.8) is 0 Å². The minimum Gasteiger partial charge on any atom is -0.368 e. The first-order chi connectivity index (χ1) is 12.6. The molecule has 0 N–H and O–H groups in total. The number of likely N-dealkylation sites (tertiary alicyclic amines) is 1. The molecule has 1 fully saturated rings. The summed E-state index contributed by atoms with van der Waals surface area (Å²) < 4.78 is 25.7. The van der Waals surface area contributed by atoms with Crippen molar-refractivity contribution in [3.8, 4) is 0 Å². The van der Waals surface area contributed by atoms with E-state index < -0.39 is 9.84 Å². The molecule has 146 valence electrons. The molecule has 0 unspecified atom stereocenters. The predicted molar refractivity (Wildman–Crippen MR) is 112 cm³/mol. The van der Waals surface area contributed by atoms with Crippen LogP contribution < -0.4 is 4.90 Å². The molecule has 27 heavy (non-hydrogen) atoms. The largest absolute Gasteiger partial charge is 0.368 e. The summed E-state index contributed by atoms with van der Waals surface area (Å²) in [5.41, 5.74) is 2.40. The summed E-state index contributed by atoms with van der Waals surface area (Å²) in [5.74, 6) is 0. The summed E-state index contributed by atoms with van der Waals surface area (Å²) in [4.78, 5) is 5.77. The number of hydrogen-bond acceptors (Lipinski definition) is 4. The van der Waals surface area contributed by atoms with E-state index in [1.165, 1.54) is 24.1 Å². The van der Waals surface area contributed by atoms with Gasteiger partial charge in [0, 0.05) is 31.4 Å². The molecule has 0 spiro atoms. The van der Waals surface area contributed by atoms with Gasteiger partial charge < -0.3 is 9.80 Å². The van der Waals surface area contributed by atoms with E-state index >= 15 is 0 Å². The first-order valence-electron chi connectivity index (χ1n) is 9.51. The molecule has 2 aliphatic heterocycles. The Labute approximate surface area is 168 Å². The van der Waals surface area contributed by atoms with Gasteiger partial charge in [-0.25, -0.2) is 8.42 Å². The van der Waals surface area contributed by atoms with Crippen LogP contribution in [0.1, 0.15) is 25.3 Å². The smallest absolute Gasteiger partial charge is 0.206 e. The number of hydrogen-bond donors (Lipinski definition) is 0. The highest BCUT2D eigenvalue weighted by Gasteiger charge is 2.30. The second-order valence-corrected chi connectivity index (χ2v) is 9.17. The Morgan fingerprint density at radius 3 is 2.33 bits per heavy atom. The van der Waals surface area contributed by atoms with Crippen LogP contribution in [0.2, 0.25) is 0 Å². The van der Waals surface area contributed by atoms with Gasteiger partial charge in [0.05, 0.1) is 9.79 Å². The van der Waals surface area contributed by atoms with Gasteiger partial charge in [0.15, 0.2) is 0 Å². The van der Waals surface area contributed by atoms with E-state index in [0.29, 0.717) is 15.8 Å². The zero-order chi connectivity index (χ0) is 18.1. The maximum atomic E-state index is 12.9. The van der Waals surface area contributed by atoms with Gasteiger partial charge >= 0.3 is 0 Å². The SMILES string of the molecule is CCN1CCC(N2CCc3cc(S(=O)(=O)c4ccccc4)ccc32)CC1.Cl. The Morgan fingerprint density at radius 2 is 1.67 bits per heavy atom. The van der Waals surface area contributed by atoms with Gasteiger partial charge in [0.2, 0.25) is 9.84 Å². The number of halogens is 1. The van der Waals surface area contributed by atoms with E-state index in [1.807, 2.05) is 18.2 Å². The lowest BCUT2D eigenvalue weighted by atomic mass is 10.0. The highest BCUT2D eigenvalue weighted by molar-refractivity contribution is 7.91. The van der Waals surface area contributed by atoms with Gasteiger partial charge in [-0.1, -0.05) is 25.1 Å². The minimum absolute atomic E-state index is 0. The molecule has 1 saturated heterocycles. The highest BCUT2D eigenvalue weighted by Crippen LogP contribution is 2.35. The van der Waals surface area contributed by atoms with Crippen LogP contribution in [0.5, 0.6) is 0 Å². The van der Waals surface area contributed by atoms with Crippen molar-refractivity contribution in [2.24, 2.45) is 0 Å². The maximum absolute atomic E-state index is 12.9. The van der Waals surface area contributed by atoms with Crippen LogP contribution in [0.25, 0.3) is 0 Å². The number of benzene rings is 2. The molecule has 0 aromatic heterocycles. The van der Waals surface area contributed by atoms with Gasteiger partial charge in [0.25, 0.3) is 0 Å². The zero-order valence-electron chi connectivity index (χ0n) is 15.7. The fourth-order valence-electron chi connectivity index (χ4n) is 4.23. The maximum Gasteiger partial charge on any atom is 0.206 e. The zero-order valence-corrected chi connectivity index (χ0v) is 17.3. The molecule has 2 aromatic carbocycles. The second kappa shape index (κ2) is 8.21. The second-order valence-electron chi connectivity index (χ2n) is 7.22. The van der Waals surface area contributed by atoms with Crippen molar-refractivity contribution >= 4 is 27.9 Å². The molecule has 0 radical (unpaired) electrons. The third-order valence-corrected chi connectivity index (χ3v) is 7.56. The van der Waals surface area contributed by atoms with Crippen LogP contribution in [0.3, 0.4) is 0 Å². The topological polar surface area (TPSA) is 40.6 Å². The van der Waals surface area contributed by atoms with Gasteiger partial charge in [-0.15, -0.1) is 12.4 Å². The standard InChI is InChI=1S/C21H26N2O2S.ClH/c1-2-22-13-11-18(12-14-22)23-15-10-17-16-20(8-9-21(17)23)26(24,25)19-6-4-3-5-7-19;/h3-9,16,18H,2,10-15H2,1H3;1H. The van der Waals surface area contributed by atoms with Gasteiger partial charge in [0.1, 0.15) is 0 Å². The first kappa shape index (κ1) is 20.2. The summed E-state index contributed by atoms with van der Waals surface area (Å²) in [6.45, 7) is 6.67. The average molecular weight is 407 g/mol. The lowest BCUT2D eigenvalue weighted by Crippen LogP contribution is -2.44. The fraction of sp³-hybridized carbons (Fsp3) is 0.429. The van der Waals surface area contributed by atoms with E-state index in [2.05, 4.69) is 16.7 Å². The molecule has 0 amide bonds. The number of nitrogens with zero attached hydrogens (tertiary/aromatic N) is 2. The van der Waals surface area contributed by atoms with E-state index in [4.69, 9.17) is 0 Å². The van der Waals surface area contributed by atoms with Crippen molar-refractivity contribution in [3.05, 3.63) is 54.1 Å². The Kier molecular flexibility index (Phi) is 6.14. The monoisotopic (exact) mass is 406 g/mol. The van der Waals surface area contributed by atoms with Gasteiger partial charge in [-0.2, -0.15) is 0 Å². The summed E-state index contributed by atoms with van der Waals surface area (Å²) in [6.07, 6.45) is 3.32. The third kappa shape index (κ3) is 3.86. The molecule has 0 aliphatic carbocycles. The summed E-state index contributed by atoms with van der Waals surface area (Å²) in [6, 6.07) is 15.0. The van der Waals surface area contributed by atoms with Gasteiger partial charge in [-0.05, 0) is 61.7 Å². The molecule has 0 atom stereocenters. The molecule has 4 rings (SSSR count). The number of piperidine rings is 1. The van der Waals surface area contributed by atoms with Crippen LogP contribution in [0.15, 0.2) is 58.3 Å². The van der Waals surface area contributed by atoms with Crippen molar-refractivity contribution < 1.29 is 8.42 Å². The first-order valence-corrected chi connectivity index (χ1v) is 11.0. The fourth-order valence-corrected chi connectivity index (χ4v) is 5.57. The van der Waals surface area contributed by atoms with Crippen LogP contribution in [0, 0.1) is 0 Å². The molecular formula is C21H27ClN2O2S. The van der Waals surface area contributed by atoms with Crippen molar-refractivity contribution in [2.45, 2.75) is 42.0 Å². The normalized spacial score (nSPS) is 18.2. The Morgan fingerprint density at radius 1 is 0.963 bits per heavy atom. The summed E-state index contributed by atoms with van der Waals surface area (Å²) in [7, 11) is -3.44. The molecular weight excluding hydrogens is 380 g/mol. The van der Waals surface area contributed by atoms with E-state index in [9.17, 15) is 8.42 Å². The van der Waals surface area contributed by atoms with Crippen molar-refractivity contribution in [1.29, 1.82) is 0 Å². The lowest BCUT2D eigenvalue weighted by molar-refractivity contribution is 0.219. The Hall–Kier alpha value is -1.56. The summed E-state index contributed by atoms with van der Waals surface area (Å²) in [5, 5.41) is 0. The summed E-state index contributed by atoms with van der Waals surface area (Å²) >= 11 is 0. The van der Waals surface area contributed by atoms with E-state index in [0.717, 1.165) is 32.6 Å². The van der Waals surface area contributed by atoms with Crippen LogP contribution in [0.4, 0.5) is 5.69 Å².